The van der Waals surface area contributed by atoms with Crippen LogP contribution in [0.5, 0.6) is 0 Å². The van der Waals surface area contributed by atoms with Gasteiger partial charge in [-0.3, -0.25) is 0 Å². The van der Waals surface area contributed by atoms with Crippen LogP contribution < -0.4 is 0 Å². The molecule has 1 atom stereocenters. The molecule has 1 N–H and O–H groups in total. The molecule has 4 nitrogen and oxygen atoms in total. The summed E-state index contributed by atoms with van der Waals surface area (Å²) in [5.74, 6) is -1.09. The van der Waals surface area contributed by atoms with Crippen LogP contribution in [0, 0.1) is 5.82 Å². The zero-order chi connectivity index (χ0) is 14.3. The van der Waals surface area contributed by atoms with Crippen LogP contribution in [0.15, 0.2) is 29.2 Å². The highest BCUT2D eigenvalue weighted by Gasteiger charge is 2.20. The summed E-state index contributed by atoms with van der Waals surface area (Å²) in [6.45, 7) is 2.47. The maximum absolute atomic E-state index is 13.0. The lowest BCUT2D eigenvalue weighted by Gasteiger charge is -2.11. The smallest absolute Gasteiger partial charge is 0.181 e. The first kappa shape index (κ1) is 16.1. The lowest BCUT2D eigenvalue weighted by Crippen LogP contribution is -2.26. The van der Waals surface area contributed by atoms with Crippen LogP contribution in [0.4, 0.5) is 4.39 Å². The quantitative estimate of drug-likeness (QED) is 0.741. The van der Waals surface area contributed by atoms with E-state index < -0.39 is 27.5 Å². The molecule has 0 aliphatic heterocycles. The number of aliphatic hydroxyl groups excluding tert-OH is 1. The molecule has 0 saturated carbocycles. The Morgan fingerprint density at radius 1 is 1.42 bits per heavy atom. The third-order valence-corrected chi connectivity index (χ3v) is 4.32. The first-order chi connectivity index (χ1) is 8.95. The van der Waals surface area contributed by atoms with Crippen molar-refractivity contribution in [2.45, 2.75) is 30.8 Å². The van der Waals surface area contributed by atoms with E-state index in [0.717, 1.165) is 18.9 Å². The van der Waals surface area contributed by atoms with Gasteiger partial charge in [-0.15, -0.1) is 0 Å². The van der Waals surface area contributed by atoms with E-state index in [1.807, 2.05) is 6.92 Å². The Bertz CT molecular complexity index is 487. The van der Waals surface area contributed by atoms with Crippen molar-refractivity contribution in [3.8, 4) is 0 Å². The minimum absolute atomic E-state index is 0.0332. The molecular formula is C13H19FO4S. The SMILES string of the molecule is CCCCOCC(O)CS(=O)(=O)c1cccc(F)c1. The molecule has 0 bridgehead atoms. The molecule has 0 spiro atoms. The van der Waals surface area contributed by atoms with Gasteiger partial charge in [-0.1, -0.05) is 19.4 Å². The third-order valence-electron chi connectivity index (χ3n) is 2.52. The van der Waals surface area contributed by atoms with Crippen LogP contribution in [0.25, 0.3) is 0 Å². The molecule has 0 aromatic heterocycles. The molecule has 0 amide bonds. The molecule has 0 fully saturated rings. The Labute approximate surface area is 113 Å². The molecule has 0 saturated heterocycles. The first-order valence-electron chi connectivity index (χ1n) is 6.20. The highest BCUT2D eigenvalue weighted by atomic mass is 32.2. The van der Waals surface area contributed by atoms with E-state index in [-0.39, 0.29) is 11.5 Å². The highest BCUT2D eigenvalue weighted by molar-refractivity contribution is 7.91. The molecule has 108 valence electrons. The zero-order valence-electron chi connectivity index (χ0n) is 10.9. The van der Waals surface area contributed by atoms with Crippen molar-refractivity contribution in [1.82, 2.24) is 0 Å². The molecule has 0 heterocycles. The van der Waals surface area contributed by atoms with E-state index >= 15 is 0 Å². The second kappa shape index (κ2) is 7.57. The highest BCUT2D eigenvalue weighted by Crippen LogP contribution is 2.13. The van der Waals surface area contributed by atoms with Gasteiger partial charge in [0.1, 0.15) is 5.82 Å². The number of halogens is 1. The number of aliphatic hydroxyl groups is 1. The molecular weight excluding hydrogens is 271 g/mol. The van der Waals surface area contributed by atoms with Gasteiger partial charge in [-0.25, -0.2) is 12.8 Å². The largest absolute Gasteiger partial charge is 0.390 e. The van der Waals surface area contributed by atoms with Crippen molar-refractivity contribution >= 4 is 9.84 Å². The maximum atomic E-state index is 13.0. The van der Waals surface area contributed by atoms with Gasteiger partial charge in [-0.2, -0.15) is 0 Å². The van der Waals surface area contributed by atoms with Crippen molar-refractivity contribution in [1.29, 1.82) is 0 Å². The Kier molecular flexibility index (Phi) is 6.41. The number of sulfone groups is 1. The van der Waals surface area contributed by atoms with E-state index in [2.05, 4.69) is 0 Å². The van der Waals surface area contributed by atoms with Crippen LogP contribution in [-0.4, -0.2) is 38.6 Å². The molecule has 19 heavy (non-hydrogen) atoms. The Morgan fingerprint density at radius 2 is 2.16 bits per heavy atom. The van der Waals surface area contributed by atoms with Gasteiger partial charge in [0, 0.05) is 6.61 Å². The topological polar surface area (TPSA) is 63.6 Å². The fourth-order valence-electron chi connectivity index (χ4n) is 1.52. The predicted molar refractivity (Wildman–Crippen MR) is 70.2 cm³/mol. The number of hydrogen-bond acceptors (Lipinski definition) is 4. The van der Waals surface area contributed by atoms with Crippen molar-refractivity contribution in [3.63, 3.8) is 0 Å². The van der Waals surface area contributed by atoms with Crippen LogP contribution >= 0.6 is 0 Å². The third kappa shape index (κ3) is 5.67. The average Bonchev–Trinajstić information content (AvgIpc) is 2.34. The summed E-state index contributed by atoms with van der Waals surface area (Å²) in [5.41, 5.74) is 0. The summed E-state index contributed by atoms with van der Waals surface area (Å²) >= 11 is 0. The van der Waals surface area contributed by atoms with Gasteiger partial charge in [0.25, 0.3) is 0 Å². The minimum atomic E-state index is -3.69. The van der Waals surface area contributed by atoms with Crippen molar-refractivity contribution in [3.05, 3.63) is 30.1 Å². The van der Waals surface area contributed by atoms with Crippen molar-refractivity contribution < 1.29 is 22.7 Å². The van der Waals surface area contributed by atoms with Gasteiger partial charge < -0.3 is 9.84 Å². The summed E-state index contributed by atoms with van der Waals surface area (Å²) in [6.07, 6.45) is 0.728. The summed E-state index contributed by atoms with van der Waals surface area (Å²) in [5, 5.41) is 9.62. The van der Waals surface area contributed by atoms with Gasteiger partial charge >= 0.3 is 0 Å². The Morgan fingerprint density at radius 3 is 2.79 bits per heavy atom. The lowest BCUT2D eigenvalue weighted by atomic mass is 10.3. The summed E-state index contributed by atoms with van der Waals surface area (Å²) in [4.78, 5) is -0.125. The van der Waals surface area contributed by atoms with E-state index in [0.29, 0.717) is 6.61 Å². The summed E-state index contributed by atoms with van der Waals surface area (Å²) in [6, 6.07) is 4.75. The summed E-state index contributed by atoms with van der Waals surface area (Å²) in [7, 11) is -3.69. The van der Waals surface area contributed by atoms with Crippen LogP contribution in [0.2, 0.25) is 0 Å². The van der Waals surface area contributed by atoms with E-state index in [1.54, 1.807) is 0 Å². The monoisotopic (exact) mass is 290 g/mol. The molecule has 1 aromatic carbocycles. The van der Waals surface area contributed by atoms with Gasteiger partial charge in [-0.05, 0) is 24.6 Å². The number of hydrogen-bond donors (Lipinski definition) is 1. The Balaban J connectivity index is 2.55. The summed E-state index contributed by atoms with van der Waals surface area (Å²) < 4.78 is 41.9. The fourth-order valence-corrected chi connectivity index (χ4v) is 2.90. The normalized spacial score (nSPS) is 13.4. The van der Waals surface area contributed by atoms with E-state index in [9.17, 15) is 17.9 Å². The maximum Gasteiger partial charge on any atom is 0.181 e. The van der Waals surface area contributed by atoms with Crippen molar-refractivity contribution in [2.75, 3.05) is 19.0 Å². The van der Waals surface area contributed by atoms with Gasteiger partial charge in [0.05, 0.1) is 23.4 Å². The molecule has 0 aliphatic carbocycles. The number of ether oxygens (including phenoxy) is 1. The standard InChI is InChI=1S/C13H19FO4S/c1-2-3-7-18-9-12(15)10-19(16,17)13-6-4-5-11(14)8-13/h4-6,8,12,15H,2-3,7,9-10H2,1H3. The number of benzene rings is 1. The molecule has 1 aromatic rings. The van der Waals surface area contributed by atoms with Crippen LogP contribution in [0.1, 0.15) is 19.8 Å². The Hall–Kier alpha value is -0.980. The van der Waals surface area contributed by atoms with E-state index in [4.69, 9.17) is 4.74 Å². The lowest BCUT2D eigenvalue weighted by molar-refractivity contribution is 0.0465. The first-order valence-corrected chi connectivity index (χ1v) is 7.85. The number of rotatable bonds is 8. The van der Waals surface area contributed by atoms with Gasteiger partial charge in [0.2, 0.25) is 0 Å². The van der Waals surface area contributed by atoms with Gasteiger partial charge in [0.15, 0.2) is 9.84 Å². The van der Waals surface area contributed by atoms with Crippen LogP contribution in [-0.2, 0) is 14.6 Å². The zero-order valence-corrected chi connectivity index (χ0v) is 11.7. The second-order valence-electron chi connectivity index (χ2n) is 4.32. The molecule has 0 radical (unpaired) electrons. The molecule has 1 rings (SSSR count). The van der Waals surface area contributed by atoms with Crippen LogP contribution in [0.3, 0.4) is 0 Å². The number of unbranched alkanes of at least 4 members (excludes halogenated alkanes) is 1. The second-order valence-corrected chi connectivity index (χ2v) is 6.36. The average molecular weight is 290 g/mol. The van der Waals surface area contributed by atoms with Crippen molar-refractivity contribution in [2.24, 2.45) is 0 Å². The molecule has 6 heteroatoms. The molecule has 0 aliphatic rings. The predicted octanol–water partition coefficient (Wildman–Crippen LogP) is 1.78. The van der Waals surface area contributed by atoms with E-state index in [1.165, 1.54) is 18.2 Å². The fraction of sp³-hybridized carbons (Fsp3) is 0.538. The molecule has 1 unspecified atom stereocenters. The minimum Gasteiger partial charge on any atom is -0.390 e.